The lowest BCUT2D eigenvalue weighted by Crippen LogP contribution is -2.43. The minimum absolute atomic E-state index is 0.0757. The number of nitrogens with two attached hydrogens (primary N) is 1. The van der Waals surface area contributed by atoms with Gasteiger partial charge < -0.3 is 10.5 Å². The van der Waals surface area contributed by atoms with E-state index in [1.54, 1.807) is 0 Å². The van der Waals surface area contributed by atoms with E-state index < -0.39 is 0 Å². The summed E-state index contributed by atoms with van der Waals surface area (Å²) in [5.41, 5.74) is 8.61. The maximum atomic E-state index is 6.28. The summed E-state index contributed by atoms with van der Waals surface area (Å²) in [5, 5.41) is 0. The third-order valence-corrected chi connectivity index (χ3v) is 5.06. The molecule has 0 amide bonds. The molecule has 1 saturated carbocycles. The Morgan fingerprint density at radius 2 is 1.71 bits per heavy atom. The van der Waals surface area contributed by atoms with Crippen LogP contribution in [0.5, 0.6) is 0 Å². The van der Waals surface area contributed by atoms with Gasteiger partial charge in [0.05, 0.1) is 12.2 Å². The Balaban J connectivity index is 1.87. The standard InChI is InChI=1S/C19H31NO/c1-3-5-17-10-12-19(15-20,13-11-17)21-14-18-8-6-16(4-2)7-9-18/h6-9,17H,3-5,10-15,20H2,1-2H3. The van der Waals surface area contributed by atoms with Gasteiger partial charge in [0.2, 0.25) is 0 Å². The van der Waals surface area contributed by atoms with Crippen LogP contribution in [0, 0.1) is 5.92 Å². The zero-order chi connectivity index (χ0) is 15.1. The van der Waals surface area contributed by atoms with Crippen molar-refractivity contribution in [2.75, 3.05) is 6.54 Å². The van der Waals surface area contributed by atoms with Crippen molar-refractivity contribution < 1.29 is 4.74 Å². The highest BCUT2D eigenvalue weighted by Gasteiger charge is 2.34. The fourth-order valence-electron chi connectivity index (χ4n) is 3.42. The van der Waals surface area contributed by atoms with Crippen molar-refractivity contribution >= 4 is 0 Å². The van der Waals surface area contributed by atoms with Gasteiger partial charge in [0.25, 0.3) is 0 Å². The van der Waals surface area contributed by atoms with E-state index in [9.17, 15) is 0 Å². The van der Waals surface area contributed by atoms with Crippen LogP contribution >= 0.6 is 0 Å². The first-order valence-corrected chi connectivity index (χ1v) is 8.63. The maximum Gasteiger partial charge on any atom is 0.0808 e. The molecule has 0 unspecified atom stereocenters. The van der Waals surface area contributed by atoms with Crippen molar-refractivity contribution in [3.8, 4) is 0 Å². The Labute approximate surface area is 130 Å². The molecule has 1 aliphatic carbocycles. The van der Waals surface area contributed by atoms with Crippen LogP contribution in [0.4, 0.5) is 0 Å². The molecule has 1 aliphatic rings. The Morgan fingerprint density at radius 3 is 2.24 bits per heavy atom. The molecule has 0 spiro atoms. The first kappa shape index (κ1) is 16.5. The minimum atomic E-state index is -0.0757. The van der Waals surface area contributed by atoms with Gasteiger partial charge in [-0.25, -0.2) is 0 Å². The second-order valence-corrected chi connectivity index (χ2v) is 6.58. The molecular formula is C19H31NO. The highest BCUT2D eigenvalue weighted by Crippen LogP contribution is 2.36. The third-order valence-electron chi connectivity index (χ3n) is 5.06. The normalized spacial score (nSPS) is 26.0. The van der Waals surface area contributed by atoms with Crippen LogP contribution in [0.25, 0.3) is 0 Å². The molecule has 2 N–H and O–H groups in total. The van der Waals surface area contributed by atoms with Gasteiger partial charge >= 0.3 is 0 Å². The minimum Gasteiger partial charge on any atom is -0.369 e. The predicted octanol–water partition coefficient (Wildman–Crippen LogP) is 4.45. The smallest absolute Gasteiger partial charge is 0.0808 e. The topological polar surface area (TPSA) is 35.2 Å². The lowest BCUT2D eigenvalue weighted by atomic mass is 9.77. The molecule has 0 saturated heterocycles. The fourth-order valence-corrected chi connectivity index (χ4v) is 3.42. The van der Waals surface area contributed by atoms with Gasteiger partial charge in [0, 0.05) is 6.54 Å². The average molecular weight is 289 g/mol. The fraction of sp³-hybridized carbons (Fsp3) is 0.684. The van der Waals surface area contributed by atoms with Crippen LogP contribution in [0.1, 0.15) is 63.5 Å². The molecule has 0 bridgehead atoms. The van der Waals surface area contributed by atoms with E-state index in [0.29, 0.717) is 13.2 Å². The van der Waals surface area contributed by atoms with E-state index in [0.717, 1.165) is 25.2 Å². The van der Waals surface area contributed by atoms with Gasteiger partial charge in [-0.05, 0) is 49.1 Å². The molecule has 0 radical (unpaired) electrons. The number of aryl methyl sites for hydroxylation is 1. The summed E-state index contributed by atoms with van der Waals surface area (Å²) >= 11 is 0. The highest BCUT2D eigenvalue weighted by molar-refractivity contribution is 5.21. The summed E-state index contributed by atoms with van der Waals surface area (Å²) in [4.78, 5) is 0. The second-order valence-electron chi connectivity index (χ2n) is 6.58. The van der Waals surface area contributed by atoms with Crippen LogP contribution < -0.4 is 5.73 Å². The van der Waals surface area contributed by atoms with Crippen LogP contribution in [-0.4, -0.2) is 12.1 Å². The van der Waals surface area contributed by atoms with Gasteiger partial charge in [-0.3, -0.25) is 0 Å². The molecule has 2 rings (SSSR count). The third kappa shape index (κ3) is 4.55. The van der Waals surface area contributed by atoms with E-state index in [1.807, 2.05) is 0 Å². The summed E-state index contributed by atoms with van der Waals surface area (Å²) in [6, 6.07) is 8.77. The summed E-state index contributed by atoms with van der Waals surface area (Å²) in [5.74, 6) is 0.891. The SMILES string of the molecule is CCCC1CCC(CN)(OCc2ccc(CC)cc2)CC1. The van der Waals surface area contributed by atoms with Crippen molar-refractivity contribution in [2.45, 2.75) is 71.0 Å². The summed E-state index contributed by atoms with van der Waals surface area (Å²) in [6.07, 6.45) is 8.55. The lowest BCUT2D eigenvalue weighted by molar-refractivity contribution is -0.0816. The number of hydrogen-bond acceptors (Lipinski definition) is 2. The van der Waals surface area contributed by atoms with E-state index in [4.69, 9.17) is 10.5 Å². The lowest BCUT2D eigenvalue weighted by Gasteiger charge is -2.39. The zero-order valence-electron chi connectivity index (χ0n) is 13.7. The molecular weight excluding hydrogens is 258 g/mol. The van der Waals surface area contributed by atoms with Gasteiger partial charge in [0.1, 0.15) is 0 Å². The molecule has 2 heteroatoms. The van der Waals surface area contributed by atoms with Crippen molar-refractivity contribution in [1.29, 1.82) is 0 Å². The molecule has 0 atom stereocenters. The largest absolute Gasteiger partial charge is 0.369 e. The molecule has 0 aromatic heterocycles. The Hall–Kier alpha value is -0.860. The number of benzene rings is 1. The Bertz CT molecular complexity index is 404. The second kappa shape index (κ2) is 7.95. The zero-order valence-corrected chi connectivity index (χ0v) is 13.7. The number of ether oxygens (including phenoxy) is 1. The van der Waals surface area contributed by atoms with E-state index in [-0.39, 0.29) is 5.60 Å². The quantitative estimate of drug-likeness (QED) is 0.804. The van der Waals surface area contributed by atoms with E-state index >= 15 is 0 Å². The Kier molecular flexibility index (Phi) is 6.25. The van der Waals surface area contributed by atoms with Crippen molar-refractivity contribution in [3.63, 3.8) is 0 Å². The summed E-state index contributed by atoms with van der Waals surface area (Å²) in [6.45, 7) is 5.81. The molecule has 118 valence electrons. The predicted molar refractivity (Wildman–Crippen MR) is 89.3 cm³/mol. The molecule has 0 heterocycles. The van der Waals surface area contributed by atoms with Gasteiger partial charge in [-0.2, -0.15) is 0 Å². The highest BCUT2D eigenvalue weighted by atomic mass is 16.5. The maximum absolute atomic E-state index is 6.28. The van der Waals surface area contributed by atoms with E-state index in [2.05, 4.69) is 38.1 Å². The van der Waals surface area contributed by atoms with Crippen LogP contribution in [0.15, 0.2) is 24.3 Å². The number of hydrogen-bond donors (Lipinski definition) is 1. The van der Waals surface area contributed by atoms with Crippen molar-refractivity contribution in [2.24, 2.45) is 11.7 Å². The average Bonchev–Trinajstić information content (AvgIpc) is 2.55. The first-order chi connectivity index (χ1) is 10.2. The molecule has 0 aliphatic heterocycles. The van der Waals surface area contributed by atoms with Gasteiger partial charge in [-0.1, -0.05) is 51.0 Å². The van der Waals surface area contributed by atoms with Crippen molar-refractivity contribution in [1.82, 2.24) is 0 Å². The number of rotatable bonds is 7. The molecule has 1 aromatic rings. The monoisotopic (exact) mass is 289 g/mol. The van der Waals surface area contributed by atoms with Crippen LogP contribution in [-0.2, 0) is 17.8 Å². The van der Waals surface area contributed by atoms with Gasteiger partial charge in [0.15, 0.2) is 0 Å². The van der Waals surface area contributed by atoms with E-state index in [1.165, 1.54) is 36.8 Å². The summed E-state index contributed by atoms with van der Waals surface area (Å²) < 4.78 is 6.28. The summed E-state index contributed by atoms with van der Waals surface area (Å²) in [7, 11) is 0. The Morgan fingerprint density at radius 1 is 1.10 bits per heavy atom. The molecule has 21 heavy (non-hydrogen) atoms. The van der Waals surface area contributed by atoms with Crippen LogP contribution in [0.3, 0.4) is 0 Å². The van der Waals surface area contributed by atoms with Crippen LogP contribution in [0.2, 0.25) is 0 Å². The van der Waals surface area contributed by atoms with Crippen molar-refractivity contribution in [3.05, 3.63) is 35.4 Å². The molecule has 1 aromatic carbocycles. The first-order valence-electron chi connectivity index (χ1n) is 8.63. The molecule has 1 fully saturated rings. The van der Waals surface area contributed by atoms with Gasteiger partial charge in [-0.15, -0.1) is 0 Å². The molecule has 2 nitrogen and oxygen atoms in total.